The molecule has 0 atom stereocenters. The zero-order valence-corrected chi connectivity index (χ0v) is 12.4. The Morgan fingerprint density at radius 1 is 1.35 bits per heavy atom. The number of rotatable bonds is 5. The maximum absolute atomic E-state index is 12.3. The van der Waals surface area contributed by atoms with Gasteiger partial charge in [0.15, 0.2) is 0 Å². The van der Waals surface area contributed by atoms with Crippen LogP contribution in [0.25, 0.3) is 0 Å². The number of hydrogen-bond donors (Lipinski definition) is 1. The van der Waals surface area contributed by atoms with Crippen LogP contribution in [0.4, 0.5) is 13.2 Å². The SMILES string of the molecule is CNCc1ccc(S(=O)(=O)N(C)CC(F)(F)F)cc1Cl. The summed E-state index contributed by atoms with van der Waals surface area (Å²) < 4.78 is 61.0. The Kier molecular flexibility index (Phi) is 5.42. The van der Waals surface area contributed by atoms with Gasteiger partial charge in [0.05, 0.1) is 4.90 Å². The second-order valence-electron chi connectivity index (χ2n) is 4.16. The standard InChI is InChI=1S/C11H14ClF3N2O2S/c1-16-6-8-3-4-9(5-10(8)12)20(18,19)17(2)7-11(13,14)15/h3-5,16H,6-7H2,1-2H3. The molecular formula is C11H14ClF3N2O2S. The van der Waals surface area contributed by atoms with E-state index in [4.69, 9.17) is 11.6 Å². The monoisotopic (exact) mass is 330 g/mol. The molecule has 0 aliphatic carbocycles. The van der Waals surface area contributed by atoms with Gasteiger partial charge in [-0.05, 0) is 24.7 Å². The van der Waals surface area contributed by atoms with Gasteiger partial charge in [0.1, 0.15) is 6.54 Å². The first-order valence-corrected chi connectivity index (χ1v) is 7.36. The van der Waals surface area contributed by atoms with Gasteiger partial charge in [-0.3, -0.25) is 0 Å². The fourth-order valence-electron chi connectivity index (χ4n) is 1.54. The molecular weight excluding hydrogens is 317 g/mol. The van der Waals surface area contributed by atoms with Gasteiger partial charge in [-0.25, -0.2) is 8.42 Å². The Morgan fingerprint density at radius 3 is 2.40 bits per heavy atom. The molecule has 0 aliphatic heterocycles. The molecule has 0 spiro atoms. The van der Waals surface area contributed by atoms with E-state index in [1.807, 2.05) is 0 Å². The number of nitrogens with one attached hydrogen (secondary N) is 1. The zero-order chi connectivity index (χ0) is 15.6. The average Bonchev–Trinajstić information content (AvgIpc) is 2.29. The summed E-state index contributed by atoms with van der Waals surface area (Å²) in [4.78, 5) is -0.269. The minimum absolute atomic E-state index is 0.181. The van der Waals surface area contributed by atoms with Gasteiger partial charge < -0.3 is 5.32 Å². The van der Waals surface area contributed by atoms with Crippen molar-refractivity contribution < 1.29 is 21.6 Å². The minimum atomic E-state index is -4.60. The molecule has 0 aromatic heterocycles. The highest BCUT2D eigenvalue weighted by molar-refractivity contribution is 7.89. The molecule has 4 nitrogen and oxygen atoms in total. The normalized spacial score (nSPS) is 12.9. The molecule has 0 aliphatic rings. The fraction of sp³-hybridized carbons (Fsp3) is 0.455. The third kappa shape index (κ3) is 4.34. The molecule has 0 unspecified atom stereocenters. The Morgan fingerprint density at radius 2 is 1.95 bits per heavy atom. The third-order valence-corrected chi connectivity index (χ3v) is 4.65. The van der Waals surface area contributed by atoms with Gasteiger partial charge in [-0.1, -0.05) is 17.7 Å². The topological polar surface area (TPSA) is 49.4 Å². The molecule has 1 aromatic carbocycles. The van der Waals surface area contributed by atoms with Crippen molar-refractivity contribution in [1.29, 1.82) is 0 Å². The van der Waals surface area contributed by atoms with Crippen molar-refractivity contribution in [2.45, 2.75) is 17.6 Å². The minimum Gasteiger partial charge on any atom is -0.316 e. The molecule has 1 rings (SSSR count). The smallest absolute Gasteiger partial charge is 0.316 e. The Balaban J connectivity index is 3.07. The molecule has 0 heterocycles. The highest BCUT2D eigenvalue weighted by Crippen LogP contribution is 2.25. The van der Waals surface area contributed by atoms with Gasteiger partial charge in [0, 0.05) is 18.6 Å². The molecule has 9 heteroatoms. The van der Waals surface area contributed by atoms with Crippen LogP contribution in [0.5, 0.6) is 0 Å². The molecule has 1 aromatic rings. The number of sulfonamides is 1. The van der Waals surface area contributed by atoms with E-state index < -0.39 is 22.7 Å². The second-order valence-corrected chi connectivity index (χ2v) is 6.61. The van der Waals surface area contributed by atoms with Crippen LogP contribution < -0.4 is 5.32 Å². The quantitative estimate of drug-likeness (QED) is 0.901. The van der Waals surface area contributed by atoms with Crippen LogP contribution in [0.1, 0.15) is 5.56 Å². The summed E-state index contributed by atoms with van der Waals surface area (Å²) in [6, 6.07) is 3.85. The van der Waals surface area contributed by atoms with E-state index in [9.17, 15) is 21.6 Å². The second kappa shape index (κ2) is 6.30. The number of hydrogen-bond acceptors (Lipinski definition) is 3. The summed E-state index contributed by atoms with van der Waals surface area (Å²) >= 11 is 5.91. The molecule has 1 N–H and O–H groups in total. The molecule has 0 saturated carbocycles. The van der Waals surface area contributed by atoms with Crippen LogP contribution in [-0.4, -0.2) is 39.5 Å². The van der Waals surface area contributed by atoms with Gasteiger partial charge in [0.25, 0.3) is 0 Å². The molecule has 20 heavy (non-hydrogen) atoms. The van der Waals surface area contributed by atoms with Gasteiger partial charge in [-0.15, -0.1) is 0 Å². The molecule has 0 radical (unpaired) electrons. The first-order chi connectivity index (χ1) is 9.08. The Labute approximate surface area is 120 Å². The van der Waals surface area contributed by atoms with Crippen molar-refractivity contribution in [1.82, 2.24) is 9.62 Å². The van der Waals surface area contributed by atoms with E-state index in [0.717, 1.165) is 13.1 Å². The summed E-state index contributed by atoms with van der Waals surface area (Å²) in [7, 11) is -1.65. The lowest BCUT2D eigenvalue weighted by Crippen LogP contribution is -2.35. The first kappa shape index (κ1) is 17.2. The van der Waals surface area contributed by atoms with Gasteiger partial charge in [0.2, 0.25) is 10.0 Å². The van der Waals surface area contributed by atoms with E-state index in [1.54, 1.807) is 7.05 Å². The molecule has 0 saturated heterocycles. The fourth-order valence-corrected chi connectivity index (χ4v) is 3.03. The maximum atomic E-state index is 12.3. The van der Waals surface area contributed by atoms with Crippen LogP contribution >= 0.6 is 11.6 Å². The summed E-state index contributed by atoms with van der Waals surface area (Å²) in [5.74, 6) is 0. The highest BCUT2D eigenvalue weighted by atomic mass is 35.5. The predicted molar refractivity (Wildman–Crippen MR) is 70.1 cm³/mol. The molecule has 0 bridgehead atoms. The number of nitrogens with zero attached hydrogens (tertiary/aromatic N) is 1. The lowest BCUT2D eigenvalue weighted by molar-refractivity contribution is -0.134. The largest absolute Gasteiger partial charge is 0.402 e. The van der Waals surface area contributed by atoms with E-state index in [0.29, 0.717) is 12.1 Å². The Hall–Kier alpha value is -0.830. The summed E-state index contributed by atoms with van der Waals surface area (Å²) in [6.07, 6.45) is -4.60. The summed E-state index contributed by atoms with van der Waals surface area (Å²) in [6.45, 7) is -1.12. The summed E-state index contributed by atoms with van der Waals surface area (Å²) in [5, 5.41) is 3.03. The van der Waals surface area contributed by atoms with E-state index in [-0.39, 0.29) is 14.2 Å². The molecule has 0 amide bonds. The van der Waals surface area contributed by atoms with Crippen LogP contribution in [0.2, 0.25) is 5.02 Å². The van der Waals surface area contributed by atoms with Crippen LogP contribution in [0, 0.1) is 0 Å². The third-order valence-electron chi connectivity index (χ3n) is 2.50. The van der Waals surface area contributed by atoms with Crippen LogP contribution in [-0.2, 0) is 16.6 Å². The molecule has 0 fully saturated rings. The Bertz CT molecular complexity index is 576. The van der Waals surface area contributed by atoms with Gasteiger partial charge >= 0.3 is 6.18 Å². The van der Waals surface area contributed by atoms with Crippen molar-refractivity contribution >= 4 is 21.6 Å². The van der Waals surface area contributed by atoms with E-state index >= 15 is 0 Å². The zero-order valence-electron chi connectivity index (χ0n) is 10.8. The number of alkyl halides is 3. The van der Waals surface area contributed by atoms with Crippen molar-refractivity contribution in [3.63, 3.8) is 0 Å². The van der Waals surface area contributed by atoms with Crippen molar-refractivity contribution in [3.8, 4) is 0 Å². The van der Waals surface area contributed by atoms with Crippen LogP contribution in [0.3, 0.4) is 0 Å². The van der Waals surface area contributed by atoms with Crippen LogP contribution in [0.15, 0.2) is 23.1 Å². The first-order valence-electron chi connectivity index (χ1n) is 5.54. The number of benzene rings is 1. The lowest BCUT2D eigenvalue weighted by atomic mass is 10.2. The highest BCUT2D eigenvalue weighted by Gasteiger charge is 2.34. The van der Waals surface area contributed by atoms with Crippen molar-refractivity contribution in [3.05, 3.63) is 28.8 Å². The van der Waals surface area contributed by atoms with E-state index in [1.165, 1.54) is 12.1 Å². The van der Waals surface area contributed by atoms with Crippen molar-refractivity contribution in [2.24, 2.45) is 0 Å². The average molecular weight is 331 g/mol. The van der Waals surface area contributed by atoms with Crippen molar-refractivity contribution in [2.75, 3.05) is 20.6 Å². The summed E-state index contributed by atoms with van der Waals surface area (Å²) in [5.41, 5.74) is 0.659. The maximum Gasteiger partial charge on any atom is 0.402 e. The van der Waals surface area contributed by atoms with E-state index in [2.05, 4.69) is 5.32 Å². The predicted octanol–water partition coefficient (Wildman–Crippen LogP) is 2.24. The number of halogens is 4. The van der Waals surface area contributed by atoms with Gasteiger partial charge in [-0.2, -0.15) is 17.5 Å². The lowest BCUT2D eigenvalue weighted by Gasteiger charge is -2.19. The molecule has 114 valence electrons.